The van der Waals surface area contributed by atoms with Gasteiger partial charge in [0.25, 0.3) is 0 Å². The lowest BCUT2D eigenvalue weighted by atomic mass is 10.4. The number of rotatable bonds is 6. The van der Waals surface area contributed by atoms with Crippen molar-refractivity contribution in [3.8, 4) is 16.5 Å². The van der Waals surface area contributed by atoms with Gasteiger partial charge in [-0.15, -0.1) is 11.3 Å². The molecule has 0 radical (unpaired) electrons. The first-order valence-electron chi connectivity index (χ1n) is 5.62. The van der Waals surface area contributed by atoms with E-state index in [1.807, 2.05) is 11.4 Å². The normalized spacial score (nSPS) is 10.7. The standard InChI is InChI=1S/C12H16N2O2S/c1-3-5-13-7-9-8-16-12(14-9)11-10(15-2)4-6-17-11/h4,6,8,13H,3,5,7H2,1-2H3. The van der Waals surface area contributed by atoms with Crippen molar-refractivity contribution < 1.29 is 9.15 Å². The lowest BCUT2D eigenvalue weighted by molar-refractivity contribution is 0.416. The molecule has 0 amide bonds. The maximum Gasteiger partial charge on any atom is 0.240 e. The highest BCUT2D eigenvalue weighted by Crippen LogP contribution is 2.34. The fourth-order valence-electron chi connectivity index (χ4n) is 1.50. The van der Waals surface area contributed by atoms with E-state index in [4.69, 9.17) is 9.15 Å². The summed E-state index contributed by atoms with van der Waals surface area (Å²) in [5.41, 5.74) is 0.920. The second-order valence-corrected chi connectivity index (χ2v) is 4.55. The van der Waals surface area contributed by atoms with Crippen LogP contribution in [0.3, 0.4) is 0 Å². The summed E-state index contributed by atoms with van der Waals surface area (Å²) in [6, 6.07) is 1.92. The predicted octanol–water partition coefficient (Wildman–Crippen LogP) is 2.91. The van der Waals surface area contributed by atoms with Gasteiger partial charge in [-0.3, -0.25) is 0 Å². The molecule has 5 heteroatoms. The summed E-state index contributed by atoms with van der Waals surface area (Å²) >= 11 is 1.57. The van der Waals surface area contributed by atoms with Gasteiger partial charge in [0.05, 0.1) is 12.8 Å². The molecule has 0 unspecified atom stereocenters. The van der Waals surface area contributed by atoms with E-state index in [9.17, 15) is 0 Å². The average molecular weight is 252 g/mol. The number of aromatic nitrogens is 1. The van der Waals surface area contributed by atoms with Crippen LogP contribution < -0.4 is 10.1 Å². The second kappa shape index (κ2) is 5.84. The highest BCUT2D eigenvalue weighted by molar-refractivity contribution is 7.13. The number of thiophene rings is 1. The van der Waals surface area contributed by atoms with Crippen LogP contribution >= 0.6 is 11.3 Å². The third-order valence-electron chi connectivity index (χ3n) is 2.33. The minimum Gasteiger partial charge on any atom is -0.495 e. The van der Waals surface area contributed by atoms with Crippen molar-refractivity contribution in [3.05, 3.63) is 23.4 Å². The Morgan fingerprint density at radius 2 is 2.41 bits per heavy atom. The number of nitrogens with one attached hydrogen (secondary N) is 1. The third kappa shape index (κ3) is 2.87. The van der Waals surface area contributed by atoms with Crippen molar-refractivity contribution in [3.63, 3.8) is 0 Å². The lowest BCUT2D eigenvalue weighted by Gasteiger charge is -1.98. The van der Waals surface area contributed by atoms with Gasteiger partial charge < -0.3 is 14.5 Å². The van der Waals surface area contributed by atoms with Gasteiger partial charge in [-0.05, 0) is 24.4 Å². The molecule has 92 valence electrons. The minimum atomic E-state index is 0.630. The van der Waals surface area contributed by atoms with E-state index in [0.717, 1.165) is 35.8 Å². The summed E-state index contributed by atoms with van der Waals surface area (Å²) in [5.74, 6) is 1.44. The molecule has 0 saturated carbocycles. The summed E-state index contributed by atoms with van der Waals surface area (Å²) in [6.45, 7) is 3.87. The first kappa shape index (κ1) is 12.1. The van der Waals surface area contributed by atoms with Gasteiger partial charge in [0, 0.05) is 6.54 Å². The van der Waals surface area contributed by atoms with Gasteiger partial charge in [0.15, 0.2) is 0 Å². The topological polar surface area (TPSA) is 47.3 Å². The largest absolute Gasteiger partial charge is 0.495 e. The molecule has 4 nitrogen and oxygen atoms in total. The first-order valence-corrected chi connectivity index (χ1v) is 6.50. The summed E-state index contributed by atoms with van der Waals surface area (Å²) in [6.07, 6.45) is 2.81. The molecule has 2 heterocycles. The van der Waals surface area contributed by atoms with E-state index in [0.29, 0.717) is 5.89 Å². The van der Waals surface area contributed by atoms with Crippen molar-refractivity contribution in [2.75, 3.05) is 13.7 Å². The van der Waals surface area contributed by atoms with Crippen LogP contribution in [0.5, 0.6) is 5.75 Å². The van der Waals surface area contributed by atoms with Crippen LogP contribution in [0.15, 0.2) is 22.1 Å². The van der Waals surface area contributed by atoms with Crippen LogP contribution in [0.2, 0.25) is 0 Å². The van der Waals surface area contributed by atoms with Gasteiger partial charge in [-0.25, -0.2) is 4.98 Å². The Labute approximate surface area is 105 Å². The Morgan fingerprint density at radius 3 is 3.18 bits per heavy atom. The fourth-order valence-corrected chi connectivity index (χ4v) is 2.29. The Kier molecular flexibility index (Phi) is 4.17. The molecule has 0 fully saturated rings. The summed E-state index contributed by atoms with van der Waals surface area (Å²) in [5, 5.41) is 5.25. The van der Waals surface area contributed by atoms with Crippen molar-refractivity contribution in [2.45, 2.75) is 19.9 Å². The third-order valence-corrected chi connectivity index (χ3v) is 3.21. The molecule has 17 heavy (non-hydrogen) atoms. The Morgan fingerprint density at radius 1 is 1.53 bits per heavy atom. The van der Waals surface area contributed by atoms with E-state index >= 15 is 0 Å². The molecule has 2 aromatic heterocycles. The molecule has 0 aliphatic carbocycles. The highest BCUT2D eigenvalue weighted by atomic mass is 32.1. The van der Waals surface area contributed by atoms with Crippen LogP contribution in [0.4, 0.5) is 0 Å². The molecule has 2 rings (SSSR count). The SMILES string of the molecule is CCCNCc1coc(-c2sccc2OC)n1. The van der Waals surface area contributed by atoms with E-state index in [-0.39, 0.29) is 0 Å². The van der Waals surface area contributed by atoms with Gasteiger partial charge in [-0.2, -0.15) is 0 Å². The smallest absolute Gasteiger partial charge is 0.240 e. The molecule has 0 bridgehead atoms. The highest BCUT2D eigenvalue weighted by Gasteiger charge is 2.13. The zero-order chi connectivity index (χ0) is 12.1. The maximum absolute atomic E-state index is 5.46. The van der Waals surface area contributed by atoms with Crippen molar-refractivity contribution >= 4 is 11.3 Å². The minimum absolute atomic E-state index is 0.630. The number of nitrogens with zero attached hydrogens (tertiary/aromatic N) is 1. The van der Waals surface area contributed by atoms with Crippen molar-refractivity contribution in [1.82, 2.24) is 10.3 Å². The van der Waals surface area contributed by atoms with E-state index in [2.05, 4.69) is 17.2 Å². The average Bonchev–Trinajstić information content (AvgIpc) is 2.96. The number of hydrogen-bond donors (Lipinski definition) is 1. The maximum atomic E-state index is 5.46. The number of methoxy groups -OCH3 is 1. The van der Waals surface area contributed by atoms with Crippen LogP contribution in [0.25, 0.3) is 10.8 Å². The summed E-state index contributed by atoms with van der Waals surface area (Å²) < 4.78 is 10.7. The zero-order valence-corrected chi connectivity index (χ0v) is 10.8. The molecule has 2 aromatic rings. The molecule has 0 spiro atoms. The molecule has 0 saturated heterocycles. The Hall–Kier alpha value is -1.33. The Balaban J connectivity index is 2.07. The fraction of sp³-hybridized carbons (Fsp3) is 0.417. The van der Waals surface area contributed by atoms with E-state index < -0.39 is 0 Å². The van der Waals surface area contributed by atoms with Crippen LogP contribution in [0.1, 0.15) is 19.0 Å². The van der Waals surface area contributed by atoms with Crippen molar-refractivity contribution in [1.29, 1.82) is 0 Å². The quantitative estimate of drug-likeness (QED) is 0.803. The van der Waals surface area contributed by atoms with Crippen LogP contribution in [0, 0.1) is 0 Å². The monoisotopic (exact) mass is 252 g/mol. The molecule has 0 aliphatic rings. The summed E-state index contributed by atoms with van der Waals surface area (Å²) in [4.78, 5) is 5.37. The summed E-state index contributed by atoms with van der Waals surface area (Å²) in [7, 11) is 1.65. The van der Waals surface area contributed by atoms with E-state index in [1.165, 1.54) is 0 Å². The molecule has 1 N–H and O–H groups in total. The number of hydrogen-bond acceptors (Lipinski definition) is 5. The second-order valence-electron chi connectivity index (χ2n) is 3.64. The van der Waals surface area contributed by atoms with E-state index in [1.54, 1.807) is 24.7 Å². The molecule has 0 aliphatic heterocycles. The lowest BCUT2D eigenvalue weighted by Crippen LogP contribution is -2.13. The van der Waals surface area contributed by atoms with Crippen LogP contribution in [-0.2, 0) is 6.54 Å². The molecule has 0 aromatic carbocycles. The molecular formula is C12H16N2O2S. The van der Waals surface area contributed by atoms with Gasteiger partial charge in [-0.1, -0.05) is 6.92 Å². The van der Waals surface area contributed by atoms with Gasteiger partial charge in [0.2, 0.25) is 5.89 Å². The van der Waals surface area contributed by atoms with Gasteiger partial charge in [0.1, 0.15) is 16.9 Å². The Bertz CT molecular complexity index is 465. The number of oxazole rings is 1. The first-order chi connectivity index (χ1) is 8.35. The van der Waals surface area contributed by atoms with Crippen LogP contribution in [-0.4, -0.2) is 18.6 Å². The van der Waals surface area contributed by atoms with Crippen molar-refractivity contribution in [2.24, 2.45) is 0 Å². The predicted molar refractivity (Wildman–Crippen MR) is 68.4 cm³/mol. The van der Waals surface area contributed by atoms with Gasteiger partial charge >= 0.3 is 0 Å². The zero-order valence-electron chi connectivity index (χ0n) is 10.0. The number of ether oxygens (including phenoxy) is 1. The molecule has 0 atom stereocenters. The molecular weight excluding hydrogens is 236 g/mol.